The van der Waals surface area contributed by atoms with Crippen LogP contribution in [0.5, 0.6) is 0 Å². The number of nitrogens with zero attached hydrogens (tertiary/aromatic N) is 1. The number of hydrazone groups is 1. The molecule has 2 aromatic rings. The summed E-state index contributed by atoms with van der Waals surface area (Å²) in [7, 11) is 0. The van der Waals surface area contributed by atoms with Crippen LogP contribution in [0.25, 0.3) is 10.9 Å². The van der Waals surface area contributed by atoms with Crippen LogP contribution >= 0.6 is 0 Å². The SMILES string of the molecule is CCOC(=O)N/N=C/c1c[nH]c2ccccc12. The molecule has 0 bridgehead atoms. The summed E-state index contributed by atoms with van der Waals surface area (Å²) in [6, 6.07) is 7.87. The van der Waals surface area contributed by atoms with Crippen LogP contribution in [0.4, 0.5) is 4.79 Å². The highest BCUT2D eigenvalue weighted by atomic mass is 16.5. The van der Waals surface area contributed by atoms with E-state index in [9.17, 15) is 4.79 Å². The zero-order valence-electron chi connectivity index (χ0n) is 9.43. The van der Waals surface area contributed by atoms with Gasteiger partial charge in [0, 0.05) is 22.7 Å². The number of carbonyl (C=O) groups is 1. The molecule has 5 nitrogen and oxygen atoms in total. The number of para-hydroxylation sites is 1. The summed E-state index contributed by atoms with van der Waals surface area (Å²) in [6.45, 7) is 2.07. The van der Waals surface area contributed by atoms with E-state index in [1.54, 1.807) is 13.1 Å². The second-order valence-electron chi connectivity index (χ2n) is 3.38. The van der Waals surface area contributed by atoms with Crippen molar-refractivity contribution < 1.29 is 9.53 Å². The lowest BCUT2D eigenvalue weighted by Gasteiger charge is -1.98. The Hall–Kier alpha value is -2.30. The molecule has 0 radical (unpaired) electrons. The largest absolute Gasteiger partial charge is 0.449 e. The van der Waals surface area contributed by atoms with Crippen LogP contribution in [-0.2, 0) is 4.74 Å². The fourth-order valence-corrected chi connectivity index (χ4v) is 1.52. The van der Waals surface area contributed by atoms with Crippen molar-refractivity contribution in [3.8, 4) is 0 Å². The van der Waals surface area contributed by atoms with Gasteiger partial charge < -0.3 is 9.72 Å². The van der Waals surface area contributed by atoms with Gasteiger partial charge in [0.15, 0.2) is 0 Å². The molecule has 1 amide bonds. The van der Waals surface area contributed by atoms with Crippen molar-refractivity contribution in [2.75, 3.05) is 6.61 Å². The van der Waals surface area contributed by atoms with Crippen molar-refractivity contribution in [1.29, 1.82) is 0 Å². The number of aromatic nitrogens is 1. The number of carbonyl (C=O) groups excluding carboxylic acids is 1. The van der Waals surface area contributed by atoms with Gasteiger partial charge in [0.25, 0.3) is 0 Å². The van der Waals surface area contributed by atoms with E-state index in [-0.39, 0.29) is 0 Å². The van der Waals surface area contributed by atoms with Crippen LogP contribution < -0.4 is 5.43 Å². The van der Waals surface area contributed by atoms with E-state index in [0.717, 1.165) is 16.5 Å². The zero-order chi connectivity index (χ0) is 12.1. The predicted molar refractivity (Wildman–Crippen MR) is 66.1 cm³/mol. The minimum absolute atomic E-state index is 0.328. The molecular weight excluding hydrogens is 218 g/mol. The molecular formula is C12H13N3O2. The smallest absolute Gasteiger partial charge is 0.427 e. The van der Waals surface area contributed by atoms with Gasteiger partial charge >= 0.3 is 6.09 Å². The van der Waals surface area contributed by atoms with Gasteiger partial charge in [-0.3, -0.25) is 0 Å². The molecule has 88 valence electrons. The van der Waals surface area contributed by atoms with Crippen LogP contribution in [-0.4, -0.2) is 23.9 Å². The normalized spacial score (nSPS) is 10.9. The molecule has 1 aromatic carbocycles. The molecule has 0 aliphatic carbocycles. The number of hydrogen-bond donors (Lipinski definition) is 2. The Balaban J connectivity index is 2.08. The highest BCUT2D eigenvalue weighted by Crippen LogP contribution is 2.15. The molecule has 1 aromatic heterocycles. The molecule has 2 rings (SSSR count). The summed E-state index contributed by atoms with van der Waals surface area (Å²) in [5.74, 6) is 0. The second kappa shape index (κ2) is 5.16. The predicted octanol–water partition coefficient (Wildman–Crippen LogP) is 2.25. The van der Waals surface area contributed by atoms with Gasteiger partial charge in [-0.15, -0.1) is 0 Å². The Labute approximate surface area is 98.5 Å². The van der Waals surface area contributed by atoms with Crippen molar-refractivity contribution in [3.63, 3.8) is 0 Å². The maximum Gasteiger partial charge on any atom is 0.427 e. The fraction of sp³-hybridized carbons (Fsp3) is 0.167. The fourth-order valence-electron chi connectivity index (χ4n) is 1.52. The first-order valence-corrected chi connectivity index (χ1v) is 5.33. The van der Waals surface area contributed by atoms with Gasteiger partial charge in [0.05, 0.1) is 12.8 Å². The minimum Gasteiger partial charge on any atom is -0.449 e. The maximum atomic E-state index is 11.0. The summed E-state index contributed by atoms with van der Waals surface area (Å²) in [5, 5.41) is 4.87. The Morgan fingerprint density at radius 2 is 2.35 bits per heavy atom. The van der Waals surface area contributed by atoms with Crippen LogP contribution in [0.2, 0.25) is 0 Å². The van der Waals surface area contributed by atoms with E-state index in [1.165, 1.54) is 0 Å². The number of amides is 1. The molecule has 0 unspecified atom stereocenters. The molecule has 17 heavy (non-hydrogen) atoms. The molecule has 0 saturated heterocycles. The number of nitrogens with one attached hydrogen (secondary N) is 2. The molecule has 5 heteroatoms. The van der Waals surface area contributed by atoms with Crippen molar-refractivity contribution in [2.24, 2.45) is 5.10 Å². The van der Waals surface area contributed by atoms with Crippen molar-refractivity contribution in [1.82, 2.24) is 10.4 Å². The highest BCUT2D eigenvalue weighted by Gasteiger charge is 2.00. The lowest BCUT2D eigenvalue weighted by Crippen LogP contribution is -2.18. The third kappa shape index (κ3) is 2.63. The number of H-pyrrole nitrogens is 1. The molecule has 0 saturated carbocycles. The van der Waals surface area contributed by atoms with E-state index in [1.807, 2.05) is 30.5 Å². The van der Waals surface area contributed by atoms with Crippen molar-refractivity contribution in [3.05, 3.63) is 36.0 Å². The first-order chi connectivity index (χ1) is 8.31. The van der Waals surface area contributed by atoms with Crippen LogP contribution in [0.3, 0.4) is 0 Å². The lowest BCUT2D eigenvalue weighted by atomic mass is 10.2. The summed E-state index contributed by atoms with van der Waals surface area (Å²) in [5.41, 5.74) is 4.23. The van der Waals surface area contributed by atoms with Gasteiger partial charge in [0.2, 0.25) is 0 Å². The molecule has 0 atom stereocenters. The summed E-state index contributed by atoms with van der Waals surface area (Å²) in [6.07, 6.45) is 2.86. The van der Waals surface area contributed by atoms with E-state index < -0.39 is 6.09 Å². The van der Waals surface area contributed by atoms with Gasteiger partial charge in [-0.2, -0.15) is 5.10 Å². The first-order valence-electron chi connectivity index (χ1n) is 5.33. The molecule has 0 aliphatic heterocycles. The maximum absolute atomic E-state index is 11.0. The Morgan fingerprint density at radius 3 is 3.18 bits per heavy atom. The molecule has 0 aliphatic rings. The number of hydrogen-bond acceptors (Lipinski definition) is 3. The second-order valence-corrected chi connectivity index (χ2v) is 3.38. The Morgan fingerprint density at radius 1 is 1.53 bits per heavy atom. The molecule has 2 N–H and O–H groups in total. The number of ether oxygens (including phenoxy) is 1. The minimum atomic E-state index is -0.552. The first kappa shape index (κ1) is 11.2. The van der Waals surface area contributed by atoms with Gasteiger partial charge in [-0.05, 0) is 13.0 Å². The number of fused-ring (bicyclic) bond motifs is 1. The van der Waals surface area contributed by atoms with Crippen LogP contribution in [0, 0.1) is 0 Å². The summed E-state index contributed by atoms with van der Waals surface area (Å²) < 4.78 is 4.68. The molecule has 1 heterocycles. The number of aromatic amines is 1. The number of benzene rings is 1. The van der Waals surface area contributed by atoms with Crippen LogP contribution in [0.1, 0.15) is 12.5 Å². The Kier molecular flexibility index (Phi) is 3.40. The van der Waals surface area contributed by atoms with Crippen molar-refractivity contribution >= 4 is 23.2 Å². The third-order valence-electron chi connectivity index (χ3n) is 2.26. The van der Waals surface area contributed by atoms with Gasteiger partial charge in [0.1, 0.15) is 0 Å². The number of rotatable bonds is 3. The topological polar surface area (TPSA) is 66.5 Å². The van der Waals surface area contributed by atoms with E-state index in [2.05, 4.69) is 20.2 Å². The van der Waals surface area contributed by atoms with Crippen LogP contribution in [0.15, 0.2) is 35.6 Å². The lowest BCUT2D eigenvalue weighted by molar-refractivity contribution is 0.152. The van der Waals surface area contributed by atoms with Gasteiger partial charge in [-0.1, -0.05) is 18.2 Å². The summed E-state index contributed by atoms with van der Waals surface area (Å²) in [4.78, 5) is 14.1. The Bertz CT molecular complexity index is 545. The third-order valence-corrected chi connectivity index (χ3v) is 2.26. The van der Waals surface area contributed by atoms with E-state index >= 15 is 0 Å². The average molecular weight is 231 g/mol. The van der Waals surface area contributed by atoms with E-state index in [4.69, 9.17) is 0 Å². The summed E-state index contributed by atoms with van der Waals surface area (Å²) >= 11 is 0. The van der Waals surface area contributed by atoms with Crippen molar-refractivity contribution in [2.45, 2.75) is 6.92 Å². The van der Waals surface area contributed by atoms with Gasteiger partial charge in [-0.25, -0.2) is 10.2 Å². The molecule has 0 spiro atoms. The highest BCUT2D eigenvalue weighted by molar-refractivity contribution is 5.99. The monoisotopic (exact) mass is 231 g/mol. The average Bonchev–Trinajstić information content (AvgIpc) is 2.73. The van der Waals surface area contributed by atoms with E-state index in [0.29, 0.717) is 6.61 Å². The standard InChI is InChI=1S/C12H13N3O2/c1-2-17-12(16)15-14-8-9-7-13-11-6-4-3-5-10(9)11/h3-8,13H,2H2,1H3,(H,15,16)/b14-8+. The quantitative estimate of drug-likeness (QED) is 0.628. The zero-order valence-corrected chi connectivity index (χ0v) is 9.43. The molecule has 0 fully saturated rings.